The topological polar surface area (TPSA) is 40.5 Å². The van der Waals surface area contributed by atoms with Gasteiger partial charge in [0.25, 0.3) is 0 Å². The molecule has 0 aliphatic carbocycles. The van der Waals surface area contributed by atoms with E-state index in [1.54, 1.807) is 23.6 Å². The van der Waals surface area contributed by atoms with Gasteiger partial charge in [0.1, 0.15) is 4.32 Å². The third kappa shape index (κ3) is 3.56. The van der Waals surface area contributed by atoms with Crippen LogP contribution in [0.2, 0.25) is 0 Å². The molecule has 0 bridgehead atoms. The minimum Gasteiger partial charge on any atom is -0.388 e. The highest BCUT2D eigenvalue weighted by Gasteiger charge is 2.37. The molecular weight excluding hydrogens is 266 g/mol. The summed E-state index contributed by atoms with van der Waals surface area (Å²) in [6.07, 6.45) is 1.52. The van der Waals surface area contributed by atoms with Crippen molar-refractivity contribution in [3.8, 4) is 0 Å². The van der Waals surface area contributed by atoms with Crippen LogP contribution in [0.4, 0.5) is 0 Å². The van der Waals surface area contributed by atoms with E-state index >= 15 is 0 Å². The maximum absolute atomic E-state index is 12.4. The van der Waals surface area contributed by atoms with Gasteiger partial charge in [0.2, 0.25) is 5.91 Å². The molecule has 3 atom stereocenters. The zero-order chi connectivity index (χ0) is 13.9. The van der Waals surface area contributed by atoms with Crippen LogP contribution in [0.1, 0.15) is 27.2 Å². The normalized spacial score (nSPS) is 23.3. The monoisotopic (exact) mass is 287 g/mol. The maximum atomic E-state index is 12.4. The number of carbonyl (C=O) groups is 1. The number of carbonyl (C=O) groups excluding carboxylic acids is 1. The fraction of sp³-hybridized carbons (Fsp3) is 0.692. The van der Waals surface area contributed by atoms with Crippen molar-refractivity contribution in [2.75, 3.05) is 5.75 Å². The number of thiocarbonyl (C=S) groups is 1. The number of rotatable bonds is 5. The Kier molecular flexibility index (Phi) is 5.82. The standard InChI is InChI=1S/C13H21NO2S2/c1-5-11(15)9(4)12(16)14-10(6-8(2)3)7-18-13(14)17/h5,8-11,15H,1,6-7H2,2-4H3/t9-,10-,11+/m0/s1. The van der Waals surface area contributed by atoms with Crippen LogP contribution >= 0.6 is 24.0 Å². The predicted molar refractivity (Wildman–Crippen MR) is 80.5 cm³/mol. The number of hydrogen-bond acceptors (Lipinski definition) is 4. The van der Waals surface area contributed by atoms with Crippen LogP contribution in [0.25, 0.3) is 0 Å². The van der Waals surface area contributed by atoms with Crippen molar-refractivity contribution in [2.45, 2.75) is 39.3 Å². The van der Waals surface area contributed by atoms with Crippen molar-refractivity contribution in [2.24, 2.45) is 11.8 Å². The first-order valence-corrected chi connectivity index (χ1v) is 7.58. The molecule has 1 amide bonds. The van der Waals surface area contributed by atoms with Gasteiger partial charge in [-0.05, 0) is 12.3 Å². The van der Waals surface area contributed by atoms with Crippen LogP contribution in [0.15, 0.2) is 12.7 Å². The Labute approximate surface area is 119 Å². The lowest BCUT2D eigenvalue weighted by molar-refractivity contribution is -0.134. The molecule has 1 aliphatic heterocycles. The van der Waals surface area contributed by atoms with Crippen LogP contribution in [0.5, 0.6) is 0 Å². The number of hydrogen-bond donors (Lipinski definition) is 1. The first-order chi connectivity index (χ1) is 8.38. The quantitative estimate of drug-likeness (QED) is 0.623. The minimum absolute atomic E-state index is 0.0944. The predicted octanol–water partition coefficient (Wildman–Crippen LogP) is 2.44. The highest BCUT2D eigenvalue weighted by Crippen LogP contribution is 2.30. The van der Waals surface area contributed by atoms with Crippen molar-refractivity contribution in [3.05, 3.63) is 12.7 Å². The molecule has 0 radical (unpaired) electrons. The van der Waals surface area contributed by atoms with Gasteiger partial charge in [-0.1, -0.05) is 50.8 Å². The van der Waals surface area contributed by atoms with Gasteiger partial charge in [-0.2, -0.15) is 0 Å². The molecule has 1 saturated heterocycles. The molecule has 0 aromatic heterocycles. The number of aliphatic hydroxyl groups excluding tert-OH is 1. The average molecular weight is 287 g/mol. The number of thioether (sulfide) groups is 1. The second kappa shape index (κ2) is 6.68. The molecular formula is C13H21NO2S2. The van der Waals surface area contributed by atoms with Crippen molar-refractivity contribution < 1.29 is 9.90 Å². The highest BCUT2D eigenvalue weighted by molar-refractivity contribution is 8.23. The molecule has 102 valence electrons. The SMILES string of the molecule is C=C[C@@H](O)[C@H](C)C(=O)N1C(=S)SC[C@@H]1CC(C)C. The molecule has 0 saturated carbocycles. The molecule has 1 heterocycles. The Morgan fingerprint density at radius 3 is 2.78 bits per heavy atom. The van der Waals surface area contributed by atoms with Gasteiger partial charge >= 0.3 is 0 Å². The van der Waals surface area contributed by atoms with E-state index in [2.05, 4.69) is 20.4 Å². The van der Waals surface area contributed by atoms with E-state index in [1.807, 2.05) is 0 Å². The number of aliphatic hydroxyl groups is 1. The van der Waals surface area contributed by atoms with E-state index in [0.717, 1.165) is 12.2 Å². The zero-order valence-corrected chi connectivity index (χ0v) is 12.8. The smallest absolute Gasteiger partial charge is 0.234 e. The van der Waals surface area contributed by atoms with Gasteiger partial charge in [-0.3, -0.25) is 9.69 Å². The lowest BCUT2D eigenvalue weighted by Crippen LogP contribution is -2.44. The van der Waals surface area contributed by atoms with Crippen LogP contribution in [-0.2, 0) is 4.79 Å². The number of nitrogens with zero attached hydrogens (tertiary/aromatic N) is 1. The van der Waals surface area contributed by atoms with Gasteiger partial charge in [0, 0.05) is 11.8 Å². The molecule has 0 aromatic rings. The van der Waals surface area contributed by atoms with E-state index in [0.29, 0.717) is 10.2 Å². The van der Waals surface area contributed by atoms with Gasteiger partial charge < -0.3 is 5.11 Å². The van der Waals surface area contributed by atoms with E-state index in [1.165, 1.54) is 6.08 Å². The van der Waals surface area contributed by atoms with Gasteiger partial charge in [-0.25, -0.2) is 0 Å². The summed E-state index contributed by atoms with van der Waals surface area (Å²) < 4.78 is 0.633. The Bertz CT molecular complexity index is 344. The van der Waals surface area contributed by atoms with E-state index in [9.17, 15) is 9.90 Å². The maximum Gasteiger partial charge on any atom is 0.234 e. The van der Waals surface area contributed by atoms with Crippen molar-refractivity contribution in [3.63, 3.8) is 0 Å². The van der Waals surface area contributed by atoms with Crippen LogP contribution in [0.3, 0.4) is 0 Å². The van der Waals surface area contributed by atoms with Crippen LogP contribution in [0, 0.1) is 11.8 Å². The Hall–Kier alpha value is -0.390. The second-order valence-corrected chi connectivity index (χ2v) is 6.74. The van der Waals surface area contributed by atoms with Gasteiger partial charge in [0.15, 0.2) is 0 Å². The summed E-state index contributed by atoms with van der Waals surface area (Å²) in [5, 5.41) is 9.70. The van der Waals surface area contributed by atoms with E-state index in [-0.39, 0.29) is 11.9 Å². The summed E-state index contributed by atoms with van der Waals surface area (Å²) in [7, 11) is 0. The molecule has 0 aromatic carbocycles. The van der Waals surface area contributed by atoms with E-state index in [4.69, 9.17) is 12.2 Å². The summed E-state index contributed by atoms with van der Waals surface area (Å²) >= 11 is 6.80. The summed E-state index contributed by atoms with van der Waals surface area (Å²) in [6.45, 7) is 9.50. The van der Waals surface area contributed by atoms with Gasteiger partial charge in [-0.15, -0.1) is 6.58 Å². The summed E-state index contributed by atoms with van der Waals surface area (Å²) in [5.41, 5.74) is 0. The molecule has 0 spiro atoms. The number of amides is 1. The fourth-order valence-electron chi connectivity index (χ4n) is 2.02. The minimum atomic E-state index is -0.814. The van der Waals surface area contributed by atoms with Crippen molar-refractivity contribution in [1.82, 2.24) is 4.90 Å². The third-order valence-corrected chi connectivity index (χ3v) is 4.63. The summed E-state index contributed by atoms with van der Waals surface area (Å²) in [6, 6.07) is 0.162. The Balaban J connectivity index is 2.80. The Morgan fingerprint density at radius 1 is 1.67 bits per heavy atom. The molecule has 1 rings (SSSR count). The van der Waals surface area contributed by atoms with Crippen LogP contribution < -0.4 is 0 Å². The summed E-state index contributed by atoms with van der Waals surface area (Å²) in [4.78, 5) is 14.1. The first kappa shape index (κ1) is 15.7. The molecule has 18 heavy (non-hydrogen) atoms. The molecule has 1 fully saturated rings. The Morgan fingerprint density at radius 2 is 2.28 bits per heavy atom. The first-order valence-electron chi connectivity index (χ1n) is 6.19. The lowest BCUT2D eigenvalue weighted by atomic mass is 10.00. The van der Waals surface area contributed by atoms with Crippen LogP contribution in [-0.4, -0.2) is 38.1 Å². The highest BCUT2D eigenvalue weighted by atomic mass is 32.2. The van der Waals surface area contributed by atoms with Gasteiger partial charge in [0.05, 0.1) is 12.0 Å². The van der Waals surface area contributed by atoms with Crippen molar-refractivity contribution >= 4 is 34.2 Å². The molecule has 0 unspecified atom stereocenters. The summed E-state index contributed by atoms with van der Waals surface area (Å²) in [5.74, 6) is 0.794. The molecule has 5 heteroatoms. The second-order valence-electron chi connectivity index (χ2n) is 5.08. The van der Waals surface area contributed by atoms with Crippen molar-refractivity contribution in [1.29, 1.82) is 0 Å². The van der Waals surface area contributed by atoms with E-state index < -0.39 is 12.0 Å². The molecule has 1 aliphatic rings. The third-order valence-electron chi connectivity index (χ3n) is 3.09. The molecule has 3 nitrogen and oxygen atoms in total. The fourth-order valence-corrected chi connectivity index (χ4v) is 3.46. The largest absolute Gasteiger partial charge is 0.388 e. The molecule has 1 N–H and O–H groups in total. The zero-order valence-electron chi connectivity index (χ0n) is 11.1. The lowest BCUT2D eigenvalue weighted by Gasteiger charge is -2.28. The average Bonchev–Trinajstić information content (AvgIpc) is 2.66.